The first-order valence-corrected chi connectivity index (χ1v) is 6.51. The highest BCUT2D eigenvalue weighted by atomic mass is 79.9. The standard InChI is InChI=1S/C7H4BrF3.C6H5Br/c8-6-3-1-5(2-4-6)7(9,10)11;7-6-4-2-1-3-5-6/h1-4H;1-5H. The Morgan fingerprint density at radius 2 is 1.11 bits per heavy atom. The van der Waals surface area contributed by atoms with E-state index in [4.69, 9.17) is 0 Å². The molecule has 0 fully saturated rings. The molecule has 0 N–H and O–H groups in total. The minimum atomic E-state index is -4.24. The van der Waals surface area contributed by atoms with Gasteiger partial charge in [0, 0.05) is 8.95 Å². The van der Waals surface area contributed by atoms with Crippen LogP contribution < -0.4 is 0 Å². The van der Waals surface area contributed by atoms with Gasteiger partial charge in [-0.2, -0.15) is 13.2 Å². The summed E-state index contributed by atoms with van der Waals surface area (Å²) in [6, 6.07) is 14.8. The van der Waals surface area contributed by atoms with Crippen molar-refractivity contribution in [1.29, 1.82) is 0 Å². The first kappa shape index (κ1) is 15.2. The van der Waals surface area contributed by atoms with E-state index < -0.39 is 11.7 Å². The molecule has 0 aliphatic rings. The lowest BCUT2D eigenvalue weighted by atomic mass is 10.2. The van der Waals surface area contributed by atoms with Crippen LogP contribution in [0.2, 0.25) is 0 Å². The molecule has 0 saturated heterocycles. The van der Waals surface area contributed by atoms with Crippen LogP contribution in [0.15, 0.2) is 63.5 Å². The fourth-order valence-corrected chi connectivity index (χ4v) is 1.62. The predicted octanol–water partition coefficient (Wildman–Crippen LogP) is 5.92. The van der Waals surface area contributed by atoms with Crippen molar-refractivity contribution in [3.05, 3.63) is 69.1 Å². The second-order valence-corrected chi connectivity index (χ2v) is 5.13. The van der Waals surface area contributed by atoms with Crippen LogP contribution in [0, 0.1) is 0 Å². The fourth-order valence-electron chi connectivity index (χ4n) is 1.05. The third kappa shape index (κ3) is 5.69. The second-order valence-electron chi connectivity index (χ2n) is 3.30. The van der Waals surface area contributed by atoms with Crippen molar-refractivity contribution < 1.29 is 13.2 Å². The maximum absolute atomic E-state index is 11.9. The molecule has 0 nitrogen and oxygen atoms in total. The van der Waals surface area contributed by atoms with Gasteiger partial charge in [0.1, 0.15) is 0 Å². The minimum Gasteiger partial charge on any atom is -0.166 e. The van der Waals surface area contributed by atoms with Gasteiger partial charge in [0.05, 0.1) is 5.56 Å². The molecule has 0 unspecified atom stereocenters. The van der Waals surface area contributed by atoms with Gasteiger partial charge in [-0.3, -0.25) is 0 Å². The summed E-state index contributed by atoms with van der Waals surface area (Å²) in [4.78, 5) is 0. The molecular weight excluding hydrogens is 373 g/mol. The minimum absolute atomic E-state index is 0.624. The van der Waals surface area contributed by atoms with E-state index in [0.29, 0.717) is 4.47 Å². The molecule has 2 aromatic rings. The summed E-state index contributed by atoms with van der Waals surface area (Å²) in [7, 11) is 0. The van der Waals surface area contributed by atoms with Crippen LogP contribution in [0.3, 0.4) is 0 Å². The third-order valence-electron chi connectivity index (χ3n) is 1.90. The molecule has 18 heavy (non-hydrogen) atoms. The third-order valence-corrected chi connectivity index (χ3v) is 2.96. The number of benzene rings is 2. The summed E-state index contributed by atoms with van der Waals surface area (Å²) in [5, 5.41) is 0. The number of hydrogen-bond donors (Lipinski definition) is 0. The fraction of sp³-hybridized carbons (Fsp3) is 0.0769. The van der Waals surface area contributed by atoms with Gasteiger partial charge >= 0.3 is 6.18 Å². The maximum atomic E-state index is 11.9. The van der Waals surface area contributed by atoms with Crippen molar-refractivity contribution in [2.75, 3.05) is 0 Å². The number of alkyl halides is 3. The Kier molecular flexibility index (Phi) is 5.88. The highest BCUT2D eigenvalue weighted by molar-refractivity contribution is 9.10. The summed E-state index contributed by atoms with van der Waals surface area (Å²) in [5.74, 6) is 0. The molecule has 0 spiro atoms. The van der Waals surface area contributed by atoms with Gasteiger partial charge in [-0.25, -0.2) is 0 Å². The topological polar surface area (TPSA) is 0 Å². The van der Waals surface area contributed by atoms with Crippen LogP contribution in [0.5, 0.6) is 0 Å². The molecule has 0 aromatic heterocycles. The van der Waals surface area contributed by atoms with Gasteiger partial charge in [-0.1, -0.05) is 50.1 Å². The molecule has 2 aromatic carbocycles. The monoisotopic (exact) mass is 380 g/mol. The molecule has 0 atom stereocenters. The van der Waals surface area contributed by atoms with Crippen LogP contribution in [0.4, 0.5) is 13.2 Å². The van der Waals surface area contributed by atoms with E-state index in [1.807, 2.05) is 30.3 Å². The Bertz CT molecular complexity index is 464. The summed E-state index contributed by atoms with van der Waals surface area (Å²) in [6.45, 7) is 0. The normalized spacial score (nSPS) is 10.5. The molecule has 0 amide bonds. The van der Waals surface area contributed by atoms with Gasteiger partial charge in [-0.05, 0) is 36.4 Å². The molecule has 0 aliphatic carbocycles. The van der Waals surface area contributed by atoms with Crippen LogP contribution in [-0.2, 0) is 6.18 Å². The van der Waals surface area contributed by atoms with Gasteiger partial charge in [0.2, 0.25) is 0 Å². The van der Waals surface area contributed by atoms with Crippen LogP contribution in [0.25, 0.3) is 0 Å². The zero-order chi connectivity index (χ0) is 13.6. The molecule has 0 aliphatic heterocycles. The van der Waals surface area contributed by atoms with Crippen molar-refractivity contribution >= 4 is 31.9 Å². The van der Waals surface area contributed by atoms with Crippen molar-refractivity contribution in [1.82, 2.24) is 0 Å². The van der Waals surface area contributed by atoms with Crippen molar-refractivity contribution in [3.8, 4) is 0 Å². The lowest BCUT2D eigenvalue weighted by molar-refractivity contribution is -0.137. The van der Waals surface area contributed by atoms with Crippen molar-refractivity contribution in [2.45, 2.75) is 6.18 Å². The second kappa shape index (κ2) is 6.95. The first-order valence-electron chi connectivity index (χ1n) is 4.93. The Hall–Kier alpha value is -0.810. The molecule has 0 bridgehead atoms. The number of halogens is 5. The zero-order valence-electron chi connectivity index (χ0n) is 9.09. The molecular formula is C13H9Br2F3. The maximum Gasteiger partial charge on any atom is 0.416 e. The van der Waals surface area contributed by atoms with Gasteiger partial charge in [0.25, 0.3) is 0 Å². The SMILES string of the molecule is Brc1ccccc1.FC(F)(F)c1ccc(Br)cc1. The number of hydrogen-bond acceptors (Lipinski definition) is 0. The average molecular weight is 382 g/mol. The summed E-state index contributed by atoms with van der Waals surface area (Å²) < 4.78 is 37.5. The summed E-state index contributed by atoms with van der Waals surface area (Å²) >= 11 is 6.36. The van der Waals surface area contributed by atoms with E-state index in [1.54, 1.807) is 0 Å². The predicted molar refractivity (Wildman–Crippen MR) is 73.3 cm³/mol. The van der Waals surface area contributed by atoms with Crippen molar-refractivity contribution in [2.24, 2.45) is 0 Å². The van der Waals surface area contributed by atoms with Gasteiger partial charge < -0.3 is 0 Å². The Labute approximate surface area is 120 Å². The highest BCUT2D eigenvalue weighted by Crippen LogP contribution is 2.29. The van der Waals surface area contributed by atoms with Crippen LogP contribution in [-0.4, -0.2) is 0 Å². The smallest absolute Gasteiger partial charge is 0.166 e. The molecule has 0 heterocycles. The van der Waals surface area contributed by atoms with Gasteiger partial charge in [-0.15, -0.1) is 0 Å². The van der Waals surface area contributed by atoms with Crippen molar-refractivity contribution in [3.63, 3.8) is 0 Å². The molecule has 5 heteroatoms. The Balaban J connectivity index is 0.000000199. The Morgan fingerprint density at radius 1 is 0.667 bits per heavy atom. The van der Waals surface area contributed by atoms with E-state index in [9.17, 15) is 13.2 Å². The highest BCUT2D eigenvalue weighted by Gasteiger charge is 2.29. The summed E-state index contributed by atoms with van der Waals surface area (Å²) in [6.07, 6.45) is -4.24. The average Bonchev–Trinajstić information content (AvgIpc) is 2.30. The largest absolute Gasteiger partial charge is 0.416 e. The van der Waals surface area contributed by atoms with E-state index >= 15 is 0 Å². The van der Waals surface area contributed by atoms with E-state index in [-0.39, 0.29) is 0 Å². The number of rotatable bonds is 0. The molecule has 0 saturated carbocycles. The lowest BCUT2D eigenvalue weighted by Crippen LogP contribution is -2.03. The lowest BCUT2D eigenvalue weighted by Gasteiger charge is -2.04. The molecule has 2 rings (SSSR count). The van der Waals surface area contributed by atoms with Gasteiger partial charge in [0.15, 0.2) is 0 Å². The first-order chi connectivity index (χ1) is 8.39. The van der Waals surface area contributed by atoms with E-state index in [1.165, 1.54) is 12.1 Å². The summed E-state index contributed by atoms with van der Waals surface area (Å²) in [5.41, 5.74) is -0.624. The van der Waals surface area contributed by atoms with E-state index in [0.717, 1.165) is 16.6 Å². The molecule has 0 radical (unpaired) electrons. The quantitative estimate of drug-likeness (QED) is 0.531. The Morgan fingerprint density at radius 3 is 1.44 bits per heavy atom. The van der Waals surface area contributed by atoms with Crippen LogP contribution >= 0.6 is 31.9 Å². The van der Waals surface area contributed by atoms with Crippen LogP contribution in [0.1, 0.15) is 5.56 Å². The van der Waals surface area contributed by atoms with E-state index in [2.05, 4.69) is 31.9 Å². The zero-order valence-corrected chi connectivity index (χ0v) is 12.3. The molecule has 96 valence electrons.